The zero-order valence-corrected chi connectivity index (χ0v) is 18.4. The molecule has 2 N–H and O–H groups in total. The number of likely N-dealkylation sites (tertiary alicyclic amines) is 1. The monoisotopic (exact) mass is 472 g/mol. The van der Waals surface area contributed by atoms with Crippen LogP contribution in [0, 0.1) is 0 Å². The number of hydrogen-bond acceptors (Lipinski definition) is 4. The maximum Gasteiger partial charge on any atom is 0.191 e. The molecule has 1 aromatic heterocycles. The molecule has 2 fully saturated rings. The molecular formula is C19H33IN6. The Labute approximate surface area is 174 Å². The number of aromatic nitrogens is 1. The van der Waals surface area contributed by atoms with Crippen LogP contribution in [0.15, 0.2) is 23.3 Å². The number of likely N-dealkylation sites (N-methyl/N-ethyl adjacent to an activating group) is 1. The molecule has 6 nitrogen and oxygen atoms in total. The number of guanidine groups is 1. The van der Waals surface area contributed by atoms with Crippen LogP contribution in [0.1, 0.15) is 38.2 Å². The predicted octanol–water partition coefficient (Wildman–Crippen LogP) is 2.45. The van der Waals surface area contributed by atoms with Gasteiger partial charge in [-0.2, -0.15) is 0 Å². The molecule has 146 valence electrons. The second-order valence-electron chi connectivity index (χ2n) is 6.95. The average Bonchev–Trinajstić information content (AvgIpc) is 3.33. The van der Waals surface area contributed by atoms with E-state index in [9.17, 15) is 0 Å². The van der Waals surface area contributed by atoms with Gasteiger partial charge in [0.05, 0.1) is 0 Å². The van der Waals surface area contributed by atoms with E-state index in [1.807, 2.05) is 13.2 Å². The minimum atomic E-state index is 0. The normalized spacial score (nSPS) is 20.9. The quantitative estimate of drug-likeness (QED) is 0.379. The summed E-state index contributed by atoms with van der Waals surface area (Å²) in [5.74, 6) is 1.98. The van der Waals surface area contributed by atoms with E-state index in [1.54, 1.807) is 0 Å². The Hall–Kier alpha value is -1.09. The summed E-state index contributed by atoms with van der Waals surface area (Å²) >= 11 is 0. The van der Waals surface area contributed by atoms with Crippen molar-refractivity contribution in [2.75, 3.05) is 44.7 Å². The first-order chi connectivity index (χ1) is 12.3. The molecule has 0 aromatic carbocycles. The van der Waals surface area contributed by atoms with E-state index >= 15 is 0 Å². The first kappa shape index (κ1) is 21.2. The van der Waals surface area contributed by atoms with Gasteiger partial charge in [-0.15, -0.1) is 24.0 Å². The molecule has 0 amide bonds. The Bertz CT molecular complexity index is 573. The third-order valence-electron chi connectivity index (χ3n) is 5.33. The summed E-state index contributed by atoms with van der Waals surface area (Å²) < 4.78 is 0. The van der Waals surface area contributed by atoms with Crippen LogP contribution in [0.2, 0.25) is 0 Å². The van der Waals surface area contributed by atoms with Gasteiger partial charge in [0, 0.05) is 45.5 Å². The Balaban J connectivity index is 0.00000243. The first-order valence-corrected chi connectivity index (χ1v) is 9.68. The van der Waals surface area contributed by atoms with Crippen molar-refractivity contribution in [1.29, 1.82) is 0 Å². The smallest absolute Gasteiger partial charge is 0.191 e. The number of aliphatic imine (C=N–C) groups is 1. The minimum absolute atomic E-state index is 0. The van der Waals surface area contributed by atoms with E-state index < -0.39 is 0 Å². The van der Waals surface area contributed by atoms with Crippen molar-refractivity contribution in [3.63, 3.8) is 0 Å². The lowest BCUT2D eigenvalue weighted by molar-refractivity contribution is 0.267. The van der Waals surface area contributed by atoms with E-state index in [0.29, 0.717) is 6.04 Å². The van der Waals surface area contributed by atoms with Gasteiger partial charge in [-0.3, -0.25) is 9.89 Å². The van der Waals surface area contributed by atoms with Gasteiger partial charge in [-0.25, -0.2) is 4.98 Å². The summed E-state index contributed by atoms with van der Waals surface area (Å²) in [6, 6.07) is 4.91. The number of pyridine rings is 1. The zero-order chi connectivity index (χ0) is 17.5. The van der Waals surface area contributed by atoms with Crippen LogP contribution in [0.3, 0.4) is 0 Å². The van der Waals surface area contributed by atoms with Crippen LogP contribution >= 0.6 is 24.0 Å². The van der Waals surface area contributed by atoms with Crippen LogP contribution in [0.4, 0.5) is 5.82 Å². The number of nitrogens with one attached hydrogen (secondary N) is 2. The molecule has 1 aromatic rings. The van der Waals surface area contributed by atoms with E-state index in [2.05, 4.69) is 49.5 Å². The summed E-state index contributed by atoms with van der Waals surface area (Å²) in [6.45, 7) is 8.59. The van der Waals surface area contributed by atoms with Crippen molar-refractivity contribution in [2.45, 2.75) is 45.2 Å². The molecule has 0 saturated carbocycles. The highest BCUT2D eigenvalue weighted by molar-refractivity contribution is 14.0. The molecule has 0 aliphatic carbocycles. The van der Waals surface area contributed by atoms with Crippen LogP contribution in [0.25, 0.3) is 0 Å². The molecule has 0 spiro atoms. The maximum atomic E-state index is 4.52. The van der Waals surface area contributed by atoms with E-state index in [0.717, 1.165) is 44.5 Å². The van der Waals surface area contributed by atoms with Gasteiger partial charge < -0.3 is 15.5 Å². The molecule has 7 heteroatoms. The van der Waals surface area contributed by atoms with Crippen LogP contribution < -0.4 is 15.5 Å². The molecule has 3 heterocycles. The highest BCUT2D eigenvalue weighted by Crippen LogP contribution is 2.18. The summed E-state index contributed by atoms with van der Waals surface area (Å²) in [4.78, 5) is 13.8. The zero-order valence-electron chi connectivity index (χ0n) is 16.1. The fourth-order valence-corrected chi connectivity index (χ4v) is 3.85. The van der Waals surface area contributed by atoms with E-state index in [-0.39, 0.29) is 24.0 Å². The number of nitrogens with zero attached hydrogens (tertiary/aromatic N) is 4. The Kier molecular flexibility index (Phi) is 8.90. The van der Waals surface area contributed by atoms with Crippen molar-refractivity contribution in [3.8, 4) is 0 Å². The van der Waals surface area contributed by atoms with Gasteiger partial charge >= 0.3 is 0 Å². The topological polar surface area (TPSA) is 55.8 Å². The van der Waals surface area contributed by atoms with Gasteiger partial charge in [0.15, 0.2) is 5.96 Å². The third-order valence-corrected chi connectivity index (χ3v) is 5.33. The van der Waals surface area contributed by atoms with Crippen molar-refractivity contribution < 1.29 is 0 Å². The van der Waals surface area contributed by atoms with Gasteiger partial charge in [-0.1, -0.05) is 6.92 Å². The number of hydrogen-bond donors (Lipinski definition) is 2. The molecule has 1 atom stereocenters. The molecule has 1 unspecified atom stereocenters. The minimum Gasteiger partial charge on any atom is -0.357 e. The molecular weight excluding hydrogens is 439 g/mol. The van der Waals surface area contributed by atoms with E-state index in [4.69, 9.17) is 0 Å². The Morgan fingerprint density at radius 2 is 2.04 bits per heavy atom. The van der Waals surface area contributed by atoms with Gasteiger partial charge in [-0.05, 0) is 56.5 Å². The molecule has 2 aliphatic heterocycles. The SMILES string of the molecule is CCN1CCCC1CNC(=NC)NCc1ccnc(N2CCCC2)c1.I. The lowest BCUT2D eigenvalue weighted by Crippen LogP contribution is -2.44. The predicted molar refractivity (Wildman–Crippen MR) is 120 cm³/mol. The molecule has 0 bridgehead atoms. The Morgan fingerprint density at radius 3 is 2.77 bits per heavy atom. The molecule has 2 saturated heterocycles. The van der Waals surface area contributed by atoms with Crippen molar-refractivity contribution in [2.24, 2.45) is 4.99 Å². The summed E-state index contributed by atoms with van der Waals surface area (Å²) in [5, 5.41) is 6.92. The number of rotatable bonds is 6. The van der Waals surface area contributed by atoms with Crippen molar-refractivity contribution in [1.82, 2.24) is 20.5 Å². The number of anilines is 1. The third kappa shape index (κ3) is 5.70. The first-order valence-electron chi connectivity index (χ1n) is 9.68. The molecule has 2 aliphatic rings. The molecule has 0 radical (unpaired) electrons. The van der Waals surface area contributed by atoms with Crippen molar-refractivity contribution >= 4 is 35.8 Å². The maximum absolute atomic E-state index is 4.52. The second kappa shape index (κ2) is 10.9. The van der Waals surface area contributed by atoms with Crippen LogP contribution in [0.5, 0.6) is 0 Å². The summed E-state index contributed by atoms with van der Waals surface area (Å²) in [6.07, 6.45) is 7.05. The Morgan fingerprint density at radius 1 is 1.23 bits per heavy atom. The van der Waals surface area contributed by atoms with Gasteiger partial charge in [0.2, 0.25) is 0 Å². The van der Waals surface area contributed by atoms with Crippen LogP contribution in [-0.2, 0) is 6.54 Å². The molecule has 3 rings (SSSR count). The van der Waals surface area contributed by atoms with Gasteiger partial charge in [0.1, 0.15) is 5.82 Å². The van der Waals surface area contributed by atoms with Crippen LogP contribution in [-0.4, -0.2) is 61.7 Å². The summed E-state index contributed by atoms with van der Waals surface area (Å²) in [5.41, 5.74) is 1.25. The lowest BCUT2D eigenvalue weighted by atomic mass is 10.2. The summed E-state index contributed by atoms with van der Waals surface area (Å²) in [7, 11) is 1.84. The fraction of sp³-hybridized carbons (Fsp3) is 0.684. The second-order valence-corrected chi connectivity index (χ2v) is 6.95. The van der Waals surface area contributed by atoms with Gasteiger partial charge in [0.25, 0.3) is 0 Å². The highest BCUT2D eigenvalue weighted by atomic mass is 127. The fourth-order valence-electron chi connectivity index (χ4n) is 3.85. The molecule has 26 heavy (non-hydrogen) atoms. The standard InChI is InChI=1S/C19H32N6.HI/c1-3-24-12-6-7-17(24)15-23-19(20-2)22-14-16-8-9-21-18(13-16)25-10-4-5-11-25;/h8-9,13,17H,3-7,10-12,14-15H2,1-2H3,(H2,20,22,23);1H. The van der Waals surface area contributed by atoms with E-state index in [1.165, 1.54) is 37.8 Å². The average molecular weight is 472 g/mol. The number of halogens is 1. The van der Waals surface area contributed by atoms with Crippen molar-refractivity contribution in [3.05, 3.63) is 23.9 Å². The highest BCUT2D eigenvalue weighted by Gasteiger charge is 2.22. The lowest BCUT2D eigenvalue weighted by Gasteiger charge is -2.24. The largest absolute Gasteiger partial charge is 0.357 e.